The van der Waals surface area contributed by atoms with Crippen LogP contribution in [-0.2, 0) is 211 Å². The van der Waals surface area contributed by atoms with Crippen molar-refractivity contribution in [3.05, 3.63) is 253 Å². The van der Waals surface area contributed by atoms with Gasteiger partial charge < -0.3 is 95.9 Å². The Labute approximate surface area is 869 Å². The van der Waals surface area contributed by atoms with E-state index in [4.69, 9.17) is 85.3 Å². The van der Waals surface area contributed by atoms with Gasteiger partial charge in [-0.25, -0.2) is 9.59 Å². The second kappa shape index (κ2) is 52.5. The van der Waals surface area contributed by atoms with Gasteiger partial charge in [-0.3, -0.25) is 76.7 Å². The van der Waals surface area contributed by atoms with Crippen LogP contribution < -0.4 is 10.6 Å². The lowest BCUT2D eigenvalue weighted by Crippen LogP contribution is -2.43. The molecule has 6 fully saturated rings. The van der Waals surface area contributed by atoms with Gasteiger partial charge >= 0.3 is 108 Å². The highest BCUT2D eigenvalue weighted by Crippen LogP contribution is 2.60. The van der Waals surface area contributed by atoms with Crippen LogP contribution in [0.5, 0.6) is 0 Å². The normalized spacial score (nSPS) is 21.8. The van der Waals surface area contributed by atoms with Crippen LogP contribution in [0.25, 0.3) is 0 Å². The number of carbonyl (C=O) groups is 18. The van der Waals surface area contributed by atoms with Crippen molar-refractivity contribution in [1.82, 2.24) is 10.6 Å². The predicted octanol–water partition coefficient (Wildman–Crippen LogP) is 11.5. The fourth-order valence-corrected chi connectivity index (χ4v) is 17.4. The Morgan fingerprint density at radius 2 is 0.460 bits per heavy atom. The maximum absolute atomic E-state index is 12.6. The van der Waals surface area contributed by atoms with Crippen molar-refractivity contribution in [3.63, 3.8) is 0 Å². The molecule has 6 aliphatic rings. The molecule has 12 unspecified atom stereocenters. The molecule has 150 heavy (non-hydrogen) atoms. The van der Waals surface area contributed by atoms with E-state index in [-0.39, 0.29) is 192 Å². The van der Waals surface area contributed by atoms with Crippen LogP contribution in [-0.4, -0.2) is 229 Å². The Hall–Kier alpha value is -15.4. The smallest absolute Gasteiger partial charge is 0.407 e. The minimum atomic E-state index is -1.40. The number of allylic oxidation sites excluding steroid dienone is 6. The SMILES string of the molecule is C=CC1CC1(C(=O)OC)C(=O)OCCOC(=O)Cc1ccc(Cc2ccc(CC(=O)OCCOC(=O)C3(C(=O)OC)CC3C=C)cc2)cc1.C=CC1CC1(C(=O)OC)C(=O)OCCOC(=O)NC(C)(C)c1cccc(C(C)(C)NC(=O)OCCOC(=O)C2(C(=O)OC)CC2C=C)c1.C=CC1CC1(C(=O)OCC)C(=O)OCCOC(=O)Cc1ccc(C(C)(C)c2ccc(CC(=O)OCCOC(=O)C3(C(=O)OCC)CC3C=C)cc2)cc1. The van der Waals surface area contributed by atoms with Gasteiger partial charge in [-0.1, -0.05) is 172 Å². The van der Waals surface area contributed by atoms with Crippen LogP contribution in [0.2, 0.25) is 0 Å². The molecule has 6 saturated carbocycles. The lowest BCUT2D eigenvalue weighted by atomic mass is 9.77. The minimum absolute atomic E-state index is 0.0251. The molecule has 2 N–H and O–H groups in total. The number of amides is 2. The van der Waals surface area contributed by atoms with Crippen LogP contribution in [0.15, 0.2) is 197 Å². The summed E-state index contributed by atoms with van der Waals surface area (Å²) in [5.74, 6) is -12.4. The van der Waals surface area contributed by atoms with Gasteiger partial charge in [0.2, 0.25) is 0 Å². The van der Waals surface area contributed by atoms with E-state index in [9.17, 15) is 86.3 Å². The first-order valence-corrected chi connectivity index (χ1v) is 48.8. The maximum atomic E-state index is 12.6. The molecule has 0 bridgehead atoms. The topological polar surface area (TPSA) is 497 Å². The van der Waals surface area contributed by atoms with Gasteiger partial charge in [0.15, 0.2) is 32.5 Å². The first-order valence-electron chi connectivity index (χ1n) is 48.8. The van der Waals surface area contributed by atoms with Gasteiger partial charge in [0.25, 0.3) is 0 Å². The summed E-state index contributed by atoms with van der Waals surface area (Å²) in [4.78, 5) is 223. The Balaban J connectivity index is 0.000000250. The van der Waals surface area contributed by atoms with Crippen molar-refractivity contribution < 1.29 is 172 Å². The molecule has 2 amide bonds. The average Bonchev–Trinajstić information content (AvgIpc) is 1.60. The van der Waals surface area contributed by atoms with E-state index in [1.807, 2.05) is 97.1 Å². The second-order valence-electron chi connectivity index (χ2n) is 38.1. The maximum Gasteiger partial charge on any atom is 0.407 e. The van der Waals surface area contributed by atoms with Gasteiger partial charge in [-0.15, -0.1) is 39.5 Å². The van der Waals surface area contributed by atoms with Crippen LogP contribution >= 0.6 is 0 Å². The summed E-state index contributed by atoms with van der Waals surface area (Å²) in [6.07, 6.45) is 9.98. The monoisotopic (exact) mass is 2080 g/mol. The second-order valence-corrected chi connectivity index (χ2v) is 38.1. The predicted molar refractivity (Wildman–Crippen MR) is 532 cm³/mol. The van der Waals surface area contributed by atoms with E-state index in [0.717, 1.165) is 44.5 Å². The van der Waals surface area contributed by atoms with Crippen LogP contribution in [0.3, 0.4) is 0 Å². The Morgan fingerprint density at radius 3 is 0.667 bits per heavy atom. The van der Waals surface area contributed by atoms with Crippen molar-refractivity contribution in [2.24, 2.45) is 68.0 Å². The molecule has 5 aromatic carbocycles. The average molecular weight is 2080 g/mol. The molecule has 12 atom stereocenters. The zero-order valence-electron chi connectivity index (χ0n) is 86.6. The molecule has 6 aliphatic carbocycles. The number of ether oxygens (including phenoxy) is 18. The van der Waals surface area contributed by atoms with Crippen LogP contribution in [0.1, 0.15) is 150 Å². The number of rotatable bonds is 54. The summed E-state index contributed by atoms with van der Waals surface area (Å²) in [5.41, 5.74) is -2.04. The lowest BCUT2D eigenvalue weighted by molar-refractivity contribution is -0.168. The largest absolute Gasteiger partial charge is 0.468 e. The third-order valence-electron chi connectivity index (χ3n) is 27.2. The molecule has 0 aromatic heterocycles. The van der Waals surface area contributed by atoms with Crippen molar-refractivity contribution in [1.29, 1.82) is 0 Å². The first kappa shape index (κ1) is 118. The van der Waals surface area contributed by atoms with Gasteiger partial charge in [0, 0.05) is 40.9 Å². The molecular weight excluding hydrogens is 1950 g/mol. The Kier molecular flexibility index (Phi) is 41.3. The van der Waals surface area contributed by atoms with E-state index in [1.165, 1.54) is 64.9 Å². The molecule has 0 heterocycles. The Morgan fingerprint density at radius 1 is 0.267 bits per heavy atom. The van der Waals surface area contributed by atoms with Gasteiger partial charge in [0.1, 0.15) is 79.3 Å². The number of methoxy groups -OCH3 is 4. The number of alkyl carbamates (subject to hydrolysis) is 2. The molecule has 11 rings (SSSR count). The quantitative estimate of drug-likeness (QED) is 0.0120. The summed E-state index contributed by atoms with van der Waals surface area (Å²) >= 11 is 0. The van der Waals surface area contributed by atoms with Crippen molar-refractivity contribution >= 4 is 108 Å². The molecular formula is C112H132N2O36. The molecule has 0 saturated heterocycles. The summed E-state index contributed by atoms with van der Waals surface area (Å²) in [5, 5.41) is 5.53. The standard InChI is InChI=1S/C41H48O12.C37H40O12.C34H44N2O12/c1-7-29-25-40(29,35(44)48-9-3)37(46)52-21-19-50-33(42)23-27-11-15-31(16-12-27)39(5,6)32-17-13-28(14-18-32)24-34(43)51-20-22-53-38(47)41(26-30(41)8-2)36(45)49-10-4;1-5-28-22-36(28,32(40)44-3)34(42)48-17-15-46-30(38)20-26-11-7-24(8-12-26)19-25-9-13-27(14-10-25)21-31(39)47-16-18-49-35(43)37(33(41)45-4)23-29(37)6-2;1-9-21-19-33(21,25(37)43-7)27(39)45-14-16-47-29(41)35-31(3,4)23-12-11-13-24(18-23)32(5,6)36-30(42)48-17-15-46-28(40)34(26(38)44-8)20-22(34)10-2/h7-8,11-18,29-30H,1-2,9-10,19-26H2,3-6H3;5-14,28-29H,1-2,15-23H2,3-4H3;9-13,18,21-22H,1-2,14-17,19-20H2,3-8H3,(H,35,41)(H,36,42). The number of hydrogen-bond donors (Lipinski definition) is 2. The molecule has 38 heteroatoms. The Bertz CT molecular complexity index is 5490. The first-order chi connectivity index (χ1) is 71.4. The molecule has 0 spiro atoms. The summed E-state index contributed by atoms with van der Waals surface area (Å²) < 4.78 is 91.4. The summed E-state index contributed by atoms with van der Waals surface area (Å²) in [6.45, 7) is 34.3. The van der Waals surface area contributed by atoms with Crippen LogP contribution in [0, 0.1) is 68.0 Å². The molecule has 0 aliphatic heterocycles. The zero-order valence-corrected chi connectivity index (χ0v) is 86.6. The van der Waals surface area contributed by atoms with E-state index in [1.54, 1.807) is 65.8 Å². The molecule has 5 aromatic rings. The van der Waals surface area contributed by atoms with Crippen molar-refractivity contribution in [2.45, 2.75) is 143 Å². The number of hydrogen-bond acceptors (Lipinski definition) is 36. The number of benzene rings is 5. The number of nitrogens with one attached hydrogen (secondary N) is 2. The minimum Gasteiger partial charge on any atom is -0.468 e. The number of esters is 16. The highest BCUT2D eigenvalue weighted by molar-refractivity contribution is 6.08. The van der Waals surface area contributed by atoms with Gasteiger partial charge in [-0.05, 0) is 142 Å². The van der Waals surface area contributed by atoms with E-state index < -0.39 is 157 Å². The number of carbonyl (C=O) groups excluding carboxylic acids is 18. The van der Waals surface area contributed by atoms with Crippen LogP contribution in [0.4, 0.5) is 9.59 Å². The van der Waals surface area contributed by atoms with E-state index in [2.05, 4.69) is 64.0 Å². The van der Waals surface area contributed by atoms with Crippen molar-refractivity contribution in [3.8, 4) is 0 Å². The van der Waals surface area contributed by atoms with E-state index >= 15 is 0 Å². The third-order valence-corrected chi connectivity index (χ3v) is 27.2. The highest BCUT2D eigenvalue weighted by atomic mass is 16.6. The fraction of sp³-hybridized carbons (Fsp3) is 0.464. The third kappa shape index (κ3) is 28.8. The molecule has 38 nitrogen and oxygen atoms in total. The summed E-state index contributed by atoms with van der Waals surface area (Å²) in [6, 6.07) is 37.3. The fourth-order valence-electron chi connectivity index (χ4n) is 17.4. The molecule has 806 valence electrons. The van der Waals surface area contributed by atoms with E-state index in [0.29, 0.717) is 17.5 Å². The lowest BCUT2D eigenvalue weighted by Gasteiger charge is -2.30. The zero-order chi connectivity index (χ0) is 110. The summed E-state index contributed by atoms with van der Waals surface area (Å²) in [7, 11) is 4.79. The van der Waals surface area contributed by atoms with Crippen molar-refractivity contribution in [2.75, 3.05) is 121 Å². The highest BCUT2D eigenvalue weighted by Gasteiger charge is 2.71. The molecule has 0 radical (unpaired) electrons. The van der Waals surface area contributed by atoms with Gasteiger partial charge in [-0.2, -0.15) is 0 Å². The van der Waals surface area contributed by atoms with Gasteiger partial charge in [0.05, 0.1) is 78.4 Å².